The summed E-state index contributed by atoms with van der Waals surface area (Å²) in [5.41, 5.74) is 5.48. The third-order valence-electron chi connectivity index (χ3n) is 3.08. The van der Waals surface area contributed by atoms with Crippen LogP contribution in [-0.2, 0) is 9.53 Å². The fraction of sp³-hybridized carbons (Fsp3) is 0.769. The molecule has 0 spiro atoms. The summed E-state index contributed by atoms with van der Waals surface area (Å²) in [6.07, 6.45) is 4.64. The lowest BCUT2D eigenvalue weighted by Gasteiger charge is -2.31. The van der Waals surface area contributed by atoms with Crippen LogP contribution in [0.15, 0.2) is 12.7 Å². The minimum absolute atomic E-state index is 0. The van der Waals surface area contributed by atoms with Gasteiger partial charge in [0.2, 0.25) is 5.91 Å². The quantitative estimate of drug-likeness (QED) is 0.475. The summed E-state index contributed by atoms with van der Waals surface area (Å²) in [6.45, 7) is 9.26. The SMILES string of the molecule is C=CCOCCCC(=O)NC(CC)(CC)CN.Cl. The molecule has 3 N–H and O–H groups in total. The van der Waals surface area contributed by atoms with Crippen molar-refractivity contribution in [2.75, 3.05) is 19.8 Å². The molecule has 0 fully saturated rings. The molecule has 18 heavy (non-hydrogen) atoms. The molecule has 0 aromatic heterocycles. The number of hydrogen-bond donors (Lipinski definition) is 2. The van der Waals surface area contributed by atoms with E-state index in [0.29, 0.717) is 26.2 Å². The number of hydrogen-bond acceptors (Lipinski definition) is 3. The fourth-order valence-corrected chi connectivity index (χ4v) is 1.63. The summed E-state index contributed by atoms with van der Waals surface area (Å²) in [6, 6.07) is 0. The normalized spacial score (nSPS) is 10.6. The maximum Gasteiger partial charge on any atom is 0.220 e. The molecule has 0 aromatic rings. The van der Waals surface area contributed by atoms with Crippen LogP contribution in [0.5, 0.6) is 0 Å². The molecule has 0 heterocycles. The van der Waals surface area contributed by atoms with E-state index in [-0.39, 0.29) is 23.9 Å². The third-order valence-corrected chi connectivity index (χ3v) is 3.08. The molecule has 0 bridgehead atoms. The van der Waals surface area contributed by atoms with Crippen molar-refractivity contribution in [3.63, 3.8) is 0 Å². The van der Waals surface area contributed by atoms with Crippen molar-refractivity contribution in [1.82, 2.24) is 5.32 Å². The number of carbonyl (C=O) groups excluding carboxylic acids is 1. The van der Waals surface area contributed by atoms with Gasteiger partial charge in [-0.2, -0.15) is 0 Å². The molecule has 0 aliphatic heterocycles. The fourth-order valence-electron chi connectivity index (χ4n) is 1.63. The van der Waals surface area contributed by atoms with Crippen molar-refractivity contribution in [2.24, 2.45) is 5.73 Å². The summed E-state index contributed by atoms with van der Waals surface area (Å²) in [7, 11) is 0. The monoisotopic (exact) mass is 278 g/mol. The maximum atomic E-state index is 11.7. The number of rotatable bonds is 10. The van der Waals surface area contributed by atoms with Crippen LogP contribution < -0.4 is 11.1 Å². The van der Waals surface area contributed by atoms with Crippen molar-refractivity contribution in [3.8, 4) is 0 Å². The van der Waals surface area contributed by atoms with Crippen LogP contribution in [0.25, 0.3) is 0 Å². The van der Waals surface area contributed by atoms with Crippen LogP contribution in [0.2, 0.25) is 0 Å². The van der Waals surface area contributed by atoms with E-state index in [2.05, 4.69) is 11.9 Å². The maximum absolute atomic E-state index is 11.7. The first-order valence-corrected chi connectivity index (χ1v) is 6.33. The molecule has 0 aliphatic carbocycles. The molecule has 0 aromatic carbocycles. The van der Waals surface area contributed by atoms with Gasteiger partial charge in [0.25, 0.3) is 0 Å². The van der Waals surface area contributed by atoms with Gasteiger partial charge in [-0.3, -0.25) is 4.79 Å². The average molecular weight is 279 g/mol. The zero-order valence-corrected chi connectivity index (χ0v) is 12.4. The number of ether oxygens (including phenoxy) is 1. The van der Waals surface area contributed by atoms with E-state index in [0.717, 1.165) is 19.3 Å². The van der Waals surface area contributed by atoms with Crippen LogP contribution in [0.1, 0.15) is 39.5 Å². The minimum atomic E-state index is -0.237. The topological polar surface area (TPSA) is 64.3 Å². The van der Waals surface area contributed by atoms with Crippen molar-refractivity contribution >= 4 is 18.3 Å². The van der Waals surface area contributed by atoms with E-state index in [1.807, 2.05) is 13.8 Å². The lowest BCUT2D eigenvalue weighted by atomic mass is 9.92. The molecular formula is C13H27ClN2O2. The molecule has 1 amide bonds. The summed E-state index contributed by atoms with van der Waals surface area (Å²) >= 11 is 0. The number of nitrogens with two attached hydrogens (primary N) is 1. The van der Waals surface area contributed by atoms with E-state index >= 15 is 0 Å². The van der Waals surface area contributed by atoms with Crippen LogP contribution >= 0.6 is 12.4 Å². The Bertz CT molecular complexity index is 223. The second-order valence-electron chi connectivity index (χ2n) is 4.21. The molecule has 0 aliphatic rings. The predicted octanol–water partition coefficient (Wildman–Crippen LogP) is 2.02. The zero-order chi connectivity index (χ0) is 13.1. The highest BCUT2D eigenvalue weighted by atomic mass is 35.5. The number of carbonyl (C=O) groups is 1. The molecule has 0 unspecified atom stereocenters. The van der Waals surface area contributed by atoms with Crippen molar-refractivity contribution in [1.29, 1.82) is 0 Å². The highest BCUT2D eigenvalue weighted by Crippen LogP contribution is 2.13. The summed E-state index contributed by atoms with van der Waals surface area (Å²) in [4.78, 5) is 11.7. The van der Waals surface area contributed by atoms with Gasteiger partial charge in [0.05, 0.1) is 12.1 Å². The molecule has 0 radical (unpaired) electrons. The Labute approximate surface area is 117 Å². The Kier molecular flexibility index (Phi) is 12.6. The summed E-state index contributed by atoms with van der Waals surface area (Å²) in [5, 5.41) is 3.03. The number of amides is 1. The third kappa shape index (κ3) is 7.69. The van der Waals surface area contributed by atoms with E-state index in [1.165, 1.54) is 0 Å². The lowest BCUT2D eigenvalue weighted by molar-refractivity contribution is -0.123. The molecule has 0 saturated carbocycles. The minimum Gasteiger partial charge on any atom is -0.377 e. The second-order valence-corrected chi connectivity index (χ2v) is 4.21. The van der Waals surface area contributed by atoms with E-state index in [4.69, 9.17) is 10.5 Å². The van der Waals surface area contributed by atoms with Gasteiger partial charge in [-0.15, -0.1) is 19.0 Å². The summed E-state index contributed by atoms with van der Waals surface area (Å²) < 4.78 is 5.22. The molecule has 0 atom stereocenters. The molecule has 4 nitrogen and oxygen atoms in total. The van der Waals surface area contributed by atoms with Gasteiger partial charge in [-0.05, 0) is 19.3 Å². The van der Waals surface area contributed by atoms with Gasteiger partial charge in [-0.25, -0.2) is 0 Å². The number of halogens is 1. The Morgan fingerprint density at radius 1 is 1.44 bits per heavy atom. The average Bonchev–Trinajstić information content (AvgIpc) is 2.36. The largest absolute Gasteiger partial charge is 0.377 e. The molecule has 5 heteroatoms. The van der Waals surface area contributed by atoms with Crippen LogP contribution in [0, 0.1) is 0 Å². The van der Waals surface area contributed by atoms with E-state index in [9.17, 15) is 4.79 Å². The van der Waals surface area contributed by atoms with Gasteiger partial charge in [-0.1, -0.05) is 19.9 Å². The highest BCUT2D eigenvalue weighted by molar-refractivity contribution is 5.85. The Morgan fingerprint density at radius 3 is 2.50 bits per heavy atom. The lowest BCUT2D eigenvalue weighted by Crippen LogP contribution is -2.52. The van der Waals surface area contributed by atoms with Crippen LogP contribution in [0.3, 0.4) is 0 Å². The molecule has 108 valence electrons. The second kappa shape index (κ2) is 11.5. The van der Waals surface area contributed by atoms with Gasteiger partial charge >= 0.3 is 0 Å². The van der Waals surface area contributed by atoms with Crippen LogP contribution in [0.4, 0.5) is 0 Å². The van der Waals surface area contributed by atoms with E-state index in [1.54, 1.807) is 6.08 Å². The zero-order valence-electron chi connectivity index (χ0n) is 11.5. The Balaban J connectivity index is 0. The van der Waals surface area contributed by atoms with Gasteiger partial charge in [0, 0.05) is 19.6 Å². The van der Waals surface area contributed by atoms with Crippen molar-refractivity contribution in [3.05, 3.63) is 12.7 Å². The van der Waals surface area contributed by atoms with Crippen molar-refractivity contribution < 1.29 is 9.53 Å². The molecule has 0 rings (SSSR count). The standard InChI is InChI=1S/C13H26N2O2.ClH/c1-4-9-17-10-7-8-12(16)15-13(5-2,6-3)11-14;/h4H,1,5-11,14H2,2-3H3,(H,15,16);1H. The Morgan fingerprint density at radius 2 is 2.06 bits per heavy atom. The van der Waals surface area contributed by atoms with Crippen LogP contribution in [-0.4, -0.2) is 31.2 Å². The number of nitrogens with one attached hydrogen (secondary N) is 1. The summed E-state index contributed by atoms with van der Waals surface area (Å²) in [5.74, 6) is 0.0568. The highest BCUT2D eigenvalue weighted by Gasteiger charge is 2.25. The Hall–Kier alpha value is -0.580. The first-order valence-electron chi connectivity index (χ1n) is 6.33. The predicted molar refractivity (Wildman–Crippen MR) is 78.0 cm³/mol. The first kappa shape index (κ1) is 19.8. The van der Waals surface area contributed by atoms with Crippen molar-refractivity contribution in [2.45, 2.75) is 45.1 Å². The first-order chi connectivity index (χ1) is 8.14. The molecule has 0 saturated heterocycles. The smallest absolute Gasteiger partial charge is 0.220 e. The van der Waals surface area contributed by atoms with Gasteiger partial charge in [0.1, 0.15) is 0 Å². The van der Waals surface area contributed by atoms with Gasteiger partial charge < -0.3 is 15.8 Å². The molecular weight excluding hydrogens is 252 g/mol. The van der Waals surface area contributed by atoms with Gasteiger partial charge in [0.15, 0.2) is 0 Å². The van der Waals surface area contributed by atoms with E-state index < -0.39 is 0 Å².